The van der Waals surface area contributed by atoms with Crippen molar-refractivity contribution < 1.29 is 94.1 Å². The lowest BCUT2D eigenvalue weighted by Crippen LogP contribution is -2.67. The van der Waals surface area contributed by atoms with Crippen LogP contribution in [0.3, 0.4) is 0 Å². The molecule has 21 heteroatoms. The van der Waals surface area contributed by atoms with Crippen molar-refractivity contribution in [1.29, 1.82) is 0 Å². The highest BCUT2D eigenvalue weighted by atomic mass is 31.2. The first-order valence-electron chi connectivity index (χ1n) is 29.3. The van der Waals surface area contributed by atoms with Gasteiger partial charge in [-0.15, -0.1) is 0 Å². The average Bonchev–Trinajstić information content (AvgIpc) is 3.39. The van der Waals surface area contributed by atoms with Gasteiger partial charge in [0, 0.05) is 0 Å². The van der Waals surface area contributed by atoms with E-state index in [2.05, 4.69) is 19.2 Å². The van der Waals surface area contributed by atoms with Gasteiger partial charge >= 0.3 is 7.82 Å². The fraction of sp³-hybridized carbons (Fsp3) is 0.981. The van der Waals surface area contributed by atoms with Gasteiger partial charge < -0.3 is 81.0 Å². The molecule has 2 fully saturated rings. The number of phosphoric ester groups is 1. The van der Waals surface area contributed by atoms with E-state index in [9.17, 15) is 75.5 Å². The summed E-state index contributed by atoms with van der Waals surface area (Å²) in [7, 11) is -5.55. The number of aliphatic hydroxyl groups excluding tert-OH is 12. The second kappa shape index (κ2) is 41.1. The standard InChI is InChI=1S/C54H106NO19P/c1-3-5-7-9-11-13-15-17-18-19-20-21-22-23-25-27-29-31-33-35-40(58)43(60)53(68)55-38(42(59)39(57)34-32-30-28-26-24-16-14-12-10-8-6-4-2)37-71-75(69,70)74-52-49(66)47(64)46(63)48(65)51(52)73-54-50(67)45(62)44(61)41(36-56)72-54/h38-52,54,56-67H,3-37H2,1-2H3,(H,55,68)(H,69,70)/t38-,39+,40+,41+,42-,43-,44+,45-,46+,47+,48-,49+,50-,51+,52+,54?/m0/s1. The monoisotopic (exact) mass is 1100 g/mol. The molecule has 0 aromatic rings. The molecule has 1 amide bonds. The van der Waals surface area contributed by atoms with Crippen molar-refractivity contribution >= 4 is 13.7 Å². The van der Waals surface area contributed by atoms with Crippen molar-refractivity contribution in [2.45, 2.75) is 324 Å². The van der Waals surface area contributed by atoms with Gasteiger partial charge in [-0.1, -0.05) is 213 Å². The average molecular weight is 1100 g/mol. The molecule has 1 saturated carbocycles. The first-order chi connectivity index (χ1) is 35.9. The third-order valence-corrected chi connectivity index (χ3v) is 16.1. The van der Waals surface area contributed by atoms with Crippen molar-refractivity contribution in [2.75, 3.05) is 13.2 Å². The molecule has 75 heavy (non-hydrogen) atoms. The molecule has 14 N–H and O–H groups in total. The predicted molar refractivity (Wildman–Crippen MR) is 283 cm³/mol. The maximum absolute atomic E-state index is 13.6. The number of hydrogen-bond acceptors (Lipinski definition) is 18. The number of aliphatic hydroxyl groups is 12. The van der Waals surface area contributed by atoms with Gasteiger partial charge in [0.15, 0.2) is 12.4 Å². The molecule has 1 aliphatic carbocycles. The molecule has 2 unspecified atom stereocenters. The van der Waals surface area contributed by atoms with E-state index in [-0.39, 0.29) is 12.8 Å². The summed E-state index contributed by atoms with van der Waals surface area (Å²) in [5, 5.41) is 130. The van der Waals surface area contributed by atoms with Crippen LogP contribution in [-0.4, -0.2) is 183 Å². The quantitative estimate of drug-likeness (QED) is 0.0282. The maximum Gasteiger partial charge on any atom is 0.472 e. The number of amides is 1. The molecule has 0 bridgehead atoms. The van der Waals surface area contributed by atoms with Crippen LogP contribution in [0.25, 0.3) is 0 Å². The minimum atomic E-state index is -5.55. The van der Waals surface area contributed by atoms with Gasteiger partial charge in [0.05, 0.1) is 31.5 Å². The van der Waals surface area contributed by atoms with Crippen LogP contribution in [0.2, 0.25) is 0 Å². The number of unbranched alkanes of at least 4 members (excludes halogenated alkanes) is 29. The van der Waals surface area contributed by atoms with Crippen LogP contribution in [0.4, 0.5) is 0 Å². The van der Waals surface area contributed by atoms with Crippen molar-refractivity contribution in [1.82, 2.24) is 5.32 Å². The van der Waals surface area contributed by atoms with Gasteiger partial charge in [-0.2, -0.15) is 0 Å². The molecule has 0 aromatic carbocycles. The molecule has 1 saturated heterocycles. The molecule has 0 radical (unpaired) electrons. The zero-order chi connectivity index (χ0) is 55.6. The molecule has 2 aliphatic rings. The summed E-state index contributed by atoms with van der Waals surface area (Å²) in [6.45, 7) is 2.48. The third-order valence-electron chi connectivity index (χ3n) is 15.1. The first-order valence-corrected chi connectivity index (χ1v) is 30.8. The summed E-state index contributed by atoms with van der Waals surface area (Å²) in [6, 6.07) is -1.71. The fourth-order valence-corrected chi connectivity index (χ4v) is 11.0. The van der Waals surface area contributed by atoms with E-state index >= 15 is 0 Å². The Kier molecular flexibility index (Phi) is 38.4. The van der Waals surface area contributed by atoms with Crippen LogP contribution < -0.4 is 5.32 Å². The van der Waals surface area contributed by atoms with Gasteiger partial charge in [-0.3, -0.25) is 13.8 Å². The smallest absolute Gasteiger partial charge is 0.394 e. The van der Waals surface area contributed by atoms with Gasteiger partial charge in [-0.05, 0) is 12.8 Å². The van der Waals surface area contributed by atoms with Crippen molar-refractivity contribution in [3.05, 3.63) is 0 Å². The van der Waals surface area contributed by atoms with Crippen LogP contribution in [0.15, 0.2) is 0 Å². The highest BCUT2D eigenvalue weighted by Gasteiger charge is 2.55. The Morgan fingerprint density at radius 2 is 0.867 bits per heavy atom. The van der Waals surface area contributed by atoms with Crippen LogP contribution in [-0.2, 0) is 27.9 Å². The molecule has 2 rings (SSSR count). The Morgan fingerprint density at radius 1 is 0.507 bits per heavy atom. The van der Waals surface area contributed by atoms with Crippen molar-refractivity contribution in [3.63, 3.8) is 0 Å². The Hall–Kier alpha value is -0.980. The van der Waals surface area contributed by atoms with E-state index in [0.717, 1.165) is 57.8 Å². The van der Waals surface area contributed by atoms with E-state index in [0.29, 0.717) is 12.8 Å². The maximum atomic E-state index is 13.6. The molecule has 0 spiro atoms. The van der Waals surface area contributed by atoms with Gasteiger partial charge in [0.1, 0.15) is 67.1 Å². The van der Waals surface area contributed by atoms with Gasteiger partial charge in [-0.25, -0.2) is 4.57 Å². The van der Waals surface area contributed by atoms with Crippen LogP contribution >= 0.6 is 7.82 Å². The normalized spacial score (nSPS) is 28.1. The molecule has 1 heterocycles. The zero-order valence-electron chi connectivity index (χ0n) is 45.7. The molecule has 0 aromatic heterocycles. The number of carbonyl (C=O) groups is 1. The molecular weight excluding hydrogens is 998 g/mol. The van der Waals surface area contributed by atoms with E-state index in [1.165, 1.54) is 128 Å². The second-order valence-corrected chi connectivity index (χ2v) is 23.0. The lowest BCUT2D eigenvalue weighted by atomic mass is 9.84. The zero-order valence-corrected chi connectivity index (χ0v) is 46.6. The minimum absolute atomic E-state index is 0.0617. The lowest BCUT2D eigenvalue weighted by Gasteiger charge is -2.47. The Morgan fingerprint density at radius 3 is 1.27 bits per heavy atom. The van der Waals surface area contributed by atoms with Crippen LogP contribution in [0, 0.1) is 0 Å². The number of rotatable bonds is 46. The first kappa shape index (κ1) is 70.1. The van der Waals surface area contributed by atoms with Crippen molar-refractivity contribution in [2.24, 2.45) is 0 Å². The fourth-order valence-electron chi connectivity index (χ4n) is 10.0. The molecule has 446 valence electrons. The highest BCUT2D eigenvalue weighted by Crippen LogP contribution is 2.48. The van der Waals surface area contributed by atoms with Gasteiger partial charge in [0.2, 0.25) is 0 Å². The SMILES string of the molecule is CCCCCCCCCCCCCCCCCCCCC[C@@H](O)[C@H](O)C(=O)N[C@@H](COP(=O)(O)O[C@@H]1[C@H](O)[C@H](O)[C@@H](O)[C@H](O)[C@H]1OC1O[C@H](CO)[C@@H](O)[C@H](O)[C@@H]1O)[C@H](O)[C@H](O)CCCCCCCCCCCCCC. The van der Waals surface area contributed by atoms with E-state index in [1.807, 2.05) is 0 Å². The molecule has 1 aliphatic heterocycles. The summed E-state index contributed by atoms with van der Waals surface area (Å²) >= 11 is 0. The molecular formula is C54H106NO19P. The summed E-state index contributed by atoms with van der Waals surface area (Å²) in [6.07, 6.45) is 6.00. The summed E-state index contributed by atoms with van der Waals surface area (Å²) < 4.78 is 34.7. The summed E-state index contributed by atoms with van der Waals surface area (Å²) in [5.74, 6) is -1.17. The number of phosphoric acid groups is 1. The van der Waals surface area contributed by atoms with Crippen LogP contribution in [0.1, 0.15) is 226 Å². The Balaban J connectivity index is 1.97. The number of hydrogen-bond donors (Lipinski definition) is 14. The van der Waals surface area contributed by atoms with E-state index in [1.54, 1.807) is 0 Å². The van der Waals surface area contributed by atoms with E-state index in [4.69, 9.17) is 18.5 Å². The lowest BCUT2D eigenvalue weighted by molar-refractivity contribution is -0.338. The van der Waals surface area contributed by atoms with Gasteiger partial charge in [0.25, 0.3) is 5.91 Å². The largest absolute Gasteiger partial charge is 0.472 e. The number of ether oxygens (including phenoxy) is 2. The summed E-state index contributed by atoms with van der Waals surface area (Å²) in [5.41, 5.74) is 0. The Bertz CT molecular complexity index is 1460. The number of carbonyl (C=O) groups excluding carboxylic acids is 1. The second-order valence-electron chi connectivity index (χ2n) is 21.6. The van der Waals surface area contributed by atoms with Crippen molar-refractivity contribution in [3.8, 4) is 0 Å². The number of nitrogens with one attached hydrogen (secondary N) is 1. The predicted octanol–water partition coefficient (Wildman–Crippen LogP) is 4.97. The topological polar surface area (TPSA) is 346 Å². The molecule has 20 nitrogen and oxygen atoms in total. The van der Waals surface area contributed by atoms with E-state index < -0.39 is 125 Å². The van der Waals surface area contributed by atoms with Crippen LogP contribution in [0.5, 0.6) is 0 Å². The minimum Gasteiger partial charge on any atom is -0.394 e. The third kappa shape index (κ3) is 27.8. The Labute approximate surface area is 448 Å². The molecule has 17 atom stereocenters. The summed E-state index contributed by atoms with van der Waals surface area (Å²) in [4.78, 5) is 24.3. The highest BCUT2D eigenvalue weighted by molar-refractivity contribution is 7.47.